The number of rotatable bonds is 3. The third-order valence-electron chi connectivity index (χ3n) is 2.61. The molecule has 2 heterocycles. The van der Waals surface area contributed by atoms with Crippen molar-refractivity contribution in [3.8, 4) is 0 Å². The van der Waals surface area contributed by atoms with E-state index in [1.165, 1.54) is 16.3 Å². The van der Waals surface area contributed by atoms with Crippen molar-refractivity contribution in [3.05, 3.63) is 22.7 Å². The minimum Gasteiger partial charge on any atom is -0.394 e. The molecule has 0 radical (unpaired) electrons. The fourth-order valence-corrected chi connectivity index (χ4v) is 2.12. The first kappa shape index (κ1) is 11.6. The van der Waals surface area contributed by atoms with Crippen molar-refractivity contribution < 1.29 is 9.84 Å². The second kappa shape index (κ2) is 4.99. The Morgan fingerprint density at radius 1 is 1.69 bits per heavy atom. The maximum atomic E-state index is 11.7. The van der Waals surface area contributed by atoms with Gasteiger partial charge in [-0.15, -0.1) is 11.8 Å². The van der Waals surface area contributed by atoms with E-state index in [0.717, 1.165) is 12.8 Å². The molecule has 0 spiro atoms. The topological polar surface area (TPSA) is 64.3 Å². The number of hydrogen-bond acceptors (Lipinski definition) is 5. The number of aliphatic hydroxyl groups is 1. The van der Waals surface area contributed by atoms with Gasteiger partial charge in [-0.2, -0.15) is 4.98 Å². The molecule has 1 aliphatic rings. The summed E-state index contributed by atoms with van der Waals surface area (Å²) in [6.07, 6.45) is 4.65. The minimum atomic E-state index is -0.296. The van der Waals surface area contributed by atoms with Crippen LogP contribution in [0.3, 0.4) is 0 Å². The molecule has 0 saturated carbocycles. The number of hydrogen-bond donors (Lipinski definition) is 1. The summed E-state index contributed by atoms with van der Waals surface area (Å²) in [5.41, 5.74) is -0.296. The van der Waals surface area contributed by atoms with Gasteiger partial charge in [0.25, 0.3) is 0 Å². The van der Waals surface area contributed by atoms with Gasteiger partial charge in [0, 0.05) is 6.20 Å². The molecule has 0 aromatic carbocycles. The lowest BCUT2D eigenvalue weighted by Crippen LogP contribution is -2.27. The maximum absolute atomic E-state index is 11.7. The summed E-state index contributed by atoms with van der Waals surface area (Å²) in [4.78, 5) is 15.6. The summed E-state index contributed by atoms with van der Waals surface area (Å²) in [6.45, 7) is 0.00156. The Morgan fingerprint density at radius 3 is 3.06 bits per heavy atom. The van der Waals surface area contributed by atoms with Crippen LogP contribution < -0.4 is 5.69 Å². The SMILES string of the molecule is CSc1ccn(C2CCC(CO)O2)c(=O)n1. The maximum Gasteiger partial charge on any atom is 0.350 e. The van der Waals surface area contributed by atoms with Gasteiger partial charge in [-0.1, -0.05) is 0 Å². The van der Waals surface area contributed by atoms with Crippen LogP contribution in [-0.2, 0) is 4.74 Å². The van der Waals surface area contributed by atoms with Gasteiger partial charge in [0.1, 0.15) is 11.3 Å². The van der Waals surface area contributed by atoms with Gasteiger partial charge in [0.05, 0.1) is 12.7 Å². The summed E-state index contributed by atoms with van der Waals surface area (Å²) in [5, 5.41) is 9.66. The first-order chi connectivity index (χ1) is 7.74. The van der Waals surface area contributed by atoms with Crippen LogP contribution in [0.1, 0.15) is 19.1 Å². The Hall–Kier alpha value is -0.850. The van der Waals surface area contributed by atoms with Crippen LogP contribution in [0.4, 0.5) is 0 Å². The van der Waals surface area contributed by atoms with E-state index < -0.39 is 0 Å². The molecule has 1 aromatic heterocycles. The third-order valence-corrected chi connectivity index (χ3v) is 3.26. The Balaban J connectivity index is 2.19. The summed E-state index contributed by atoms with van der Waals surface area (Å²) in [6, 6.07) is 1.79. The van der Waals surface area contributed by atoms with Crippen LogP contribution in [0.2, 0.25) is 0 Å². The molecule has 2 atom stereocenters. The lowest BCUT2D eigenvalue weighted by atomic mass is 10.2. The van der Waals surface area contributed by atoms with E-state index >= 15 is 0 Å². The normalized spacial score (nSPS) is 24.9. The van der Waals surface area contributed by atoms with Gasteiger partial charge in [-0.05, 0) is 25.2 Å². The predicted octanol–water partition coefficient (Wildman–Crippen LogP) is 0.635. The van der Waals surface area contributed by atoms with Crippen molar-refractivity contribution in [2.45, 2.75) is 30.2 Å². The zero-order valence-corrected chi connectivity index (χ0v) is 9.81. The number of aliphatic hydroxyl groups excluding tert-OH is 1. The van der Waals surface area contributed by atoms with Crippen LogP contribution >= 0.6 is 11.8 Å². The van der Waals surface area contributed by atoms with Crippen LogP contribution in [0.15, 0.2) is 22.1 Å². The smallest absolute Gasteiger partial charge is 0.350 e. The first-order valence-electron chi connectivity index (χ1n) is 5.14. The zero-order chi connectivity index (χ0) is 11.5. The molecule has 0 aliphatic carbocycles. The standard InChI is InChI=1S/C10H14N2O3S/c1-16-8-4-5-12(10(14)11-8)9-3-2-7(6-13)15-9/h4-5,7,9,13H,2-3,6H2,1H3. The highest BCUT2D eigenvalue weighted by Crippen LogP contribution is 2.26. The molecule has 5 nitrogen and oxygen atoms in total. The van der Waals surface area contributed by atoms with E-state index in [9.17, 15) is 4.79 Å². The summed E-state index contributed by atoms with van der Waals surface area (Å²) < 4.78 is 7.00. The molecule has 1 fully saturated rings. The average Bonchev–Trinajstić information content (AvgIpc) is 2.77. The number of ether oxygens (including phenoxy) is 1. The van der Waals surface area contributed by atoms with E-state index in [2.05, 4.69) is 4.98 Å². The van der Waals surface area contributed by atoms with E-state index in [1.807, 2.05) is 6.26 Å². The van der Waals surface area contributed by atoms with Crippen LogP contribution in [-0.4, -0.2) is 33.6 Å². The van der Waals surface area contributed by atoms with E-state index in [1.54, 1.807) is 12.3 Å². The lowest BCUT2D eigenvalue weighted by molar-refractivity contribution is -0.0247. The van der Waals surface area contributed by atoms with E-state index in [4.69, 9.17) is 9.84 Å². The number of nitrogens with zero attached hydrogens (tertiary/aromatic N) is 2. The third kappa shape index (κ3) is 2.28. The monoisotopic (exact) mass is 242 g/mol. The van der Waals surface area contributed by atoms with Crippen molar-refractivity contribution in [1.29, 1.82) is 0 Å². The van der Waals surface area contributed by atoms with Gasteiger partial charge < -0.3 is 9.84 Å². The molecule has 1 aliphatic heterocycles. The molecular weight excluding hydrogens is 228 g/mol. The molecule has 0 bridgehead atoms. The van der Waals surface area contributed by atoms with Gasteiger partial charge >= 0.3 is 5.69 Å². The molecule has 1 N–H and O–H groups in total. The quantitative estimate of drug-likeness (QED) is 0.622. The first-order valence-corrected chi connectivity index (χ1v) is 6.36. The largest absolute Gasteiger partial charge is 0.394 e. The van der Waals surface area contributed by atoms with Crippen LogP contribution in [0.5, 0.6) is 0 Å². The Morgan fingerprint density at radius 2 is 2.50 bits per heavy atom. The molecule has 2 rings (SSSR count). The fraction of sp³-hybridized carbons (Fsp3) is 0.600. The van der Waals surface area contributed by atoms with E-state index in [0.29, 0.717) is 5.03 Å². The van der Waals surface area contributed by atoms with Crippen LogP contribution in [0.25, 0.3) is 0 Å². The zero-order valence-electron chi connectivity index (χ0n) is 9.00. The Labute approximate surface area is 97.5 Å². The Bertz CT molecular complexity index is 421. The lowest BCUT2D eigenvalue weighted by Gasteiger charge is -2.14. The van der Waals surface area contributed by atoms with Gasteiger partial charge in [-0.3, -0.25) is 4.57 Å². The van der Waals surface area contributed by atoms with Gasteiger partial charge in [0.2, 0.25) is 0 Å². The van der Waals surface area contributed by atoms with Crippen molar-refractivity contribution in [1.82, 2.24) is 9.55 Å². The molecule has 2 unspecified atom stereocenters. The summed E-state index contributed by atoms with van der Waals surface area (Å²) in [5.74, 6) is 0. The highest BCUT2D eigenvalue weighted by atomic mass is 32.2. The summed E-state index contributed by atoms with van der Waals surface area (Å²) >= 11 is 1.43. The summed E-state index contributed by atoms with van der Waals surface area (Å²) in [7, 11) is 0. The van der Waals surface area contributed by atoms with Crippen molar-refractivity contribution in [2.24, 2.45) is 0 Å². The molecular formula is C10H14N2O3S. The van der Waals surface area contributed by atoms with Gasteiger partial charge in [0.15, 0.2) is 0 Å². The minimum absolute atomic E-state index is 0.00156. The molecule has 1 saturated heterocycles. The second-order valence-electron chi connectivity index (χ2n) is 3.63. The van der Waals surface area contributed by atoms with Gasteiger partial charge in [-0.25, -0.2) is 4.79 Å². The number of thioether (sulfide) groups is 1. The average molecular weight is 242 g/mol. The van der Waals surface area contributed by atoms with Crippen molar-refractivity contribution in [3.63, 3.8) is 0 Å². The fourth-order valence-electron chi connectivity index (χ4n) is 1.76. The molecule has 88 valence electrons. The highest BCUT2D eigenvalue weighted by Gasteiger charge is 2.26. The molecule has 6 heteroatoms. The number of aromatic nitrogens is 2. The van der Waals surface area contributed by atoms with Crippen molar-refractivity contribution >= 4 is 11.8 Å². The molecule has 0 amide bonds. The Kier molecular flexibility index (Phi) is 3.63. The second-order valence-corrected chi connectivity index (χ2v) is 4.46. The predicted molar refractivity (Wildman–Crippen MR) is 60.5 cm³/mol. The van der Waals surface area contributed by atoms with Crippen LogP contribution in [0, 0.1) is 0 Å². The van der Waals surface area contributed by atoms with E-state index in [-0.39, 0.29) is 24.6 Å². The highest BCUT2D eigenvalue weighted by molar-refractivity contribution is 7.98. The molecule has 16 heavy (non-hydrogen) atoms. The molecule has 1 aromatic rings. The van der Waals surface area contributed by atoms with Crippen molar-refractivity contribution in [2.75, 3.05) is 12.9 Å².